The molecule has 2 fully saturated rings. The van der Waals surface area contributed by atoms with Gasteiger partial charge in [-0.2, -0.15) is 0 Å². The molecule has 6 heterocycles. The molecule has 0 bridgehead atoms. The normalized spacial score (nSPS) is 21.2. The Balaban J connectivity index is 0.991. The summed E-state index contributed by atoms with van der Waals surface area (Å²) in [6.45, 7) is 2.35. The van der Waals surface area contributed by atoms with E-state index in [0.717, 1.165) is 32.0 Å². The fourth-order valence-corrected chi connectivity index (χ4v) is 8.78. The number of nitrogens with zero attached hydrogens (tertiary/aromatic N) is 7. The predicted molar refractivity (Wildman–Crippen MR) is 204 cm³/mol. The molecule has 282 valence electrons. The van der Waals surface area contributed by atoms with Gasteiger partial charge in [0, 0.05) is 67.2 Å². The van der Waals surface area contributed by atoms with Gasteiger partial charge in [0.1, 0.15) is 21.8 Å². The number of thiazole rings is 1. The lowest BCUT2D eigenvalue weighted by Crippen LogP contribution is -2.64. The Kier molecular flexibility index (Phi) is 9.42. The van der Waals surface area contributed by atoms with Gasteiger partial charge in [-0.25, -0.2) is 18.7 Å². The standard InChI is InChI=1S/C41H39F2N7O4S/c1-26-13-14-29(21-44-26)36-46-27(2)34(55-36)39(53)47-18-15-31(33(22-47)28-9-5-3-6-10-28)37(51)48-20-17-40(54,41(42,43)24-48)23-49-25-45-35-32(38(49)52)16-19-50(35)30-11-7-4-8-12-30/h3-14,16,19,21,25,31,33,54H,15,17-18,20,22-24H2,1-2H3/t31-,33+,40?/m0/s1. The average molecular weight is 764 g/mol. The molecule has 0 radical (unpaired) electrons. The average Bonchev–Trinajstić information content (AvgIpc) is 3.81. The molecule has 0 saturated carbocycles. The van der Waals surface area contributed by atoms with Crippen LogP contribution in [0.3, 0.4) is 0 Å². The van der Waals surface area contributed by atoms with Gasteiger partial charge in [0.2, 0.25) is 5.91 Å². The van der Waals surface area contributed by atoms with Crippen molar-refractivity contribution in [3.05, 3.63) is 130 Å². The summed E-state index contributed by atoms with van der Waals surface area (Å²) in [4.78, 5) is 58.4. The lowest BCUT2D eigenvalue weighted by molar-refractivity contribution is -0.223. The van der Waals surface area contributed by atoms with Gasteiger partial charge < -0.3 is 19.5 Å². The van der Waals surface area contributed by atoms with Crippen LogP contribution in [0.25, 0.3) is 27.3 Å². The largest absolute Gasteiger partial charge is 0.382 e. The summed E-state index contributed by atoms with van der Waals surface area (Å²) >= 11 is 1.30. The van der Waals surface area contributed by atoms with Gasteiger partial charge in [0.05, 0.1) is 24.2 Å². The first-order valence-corrected chi connectivity index (χ1v) is 19.0. The van der Waals surface area contributed by atoms with Crippen LogP contribution in [0.1, 0.15) is 45.4 Å². The second-order valence-corrected chi connectivity index (χ2v) is 15.5. The van der Waals surface area contributed by atoms with Gasteiger partial charge in [-0.05, 0) is 56.2 Å². The molecule has 3 atom stereocenters. The number of aryl methyl sites for hydroxylation is 2. The number of rotatable bonds is 7. The van der Waals surface area contributed by atoms with Gasteiger partial charge in [0.25, 0.3) is 17.4 Å². The maximum absolute atomic E-state index is 16.1. The van der Waals surface area contributed by atoms with E-state index in [2.05, 4.69) is 15.0 Å². The van der Waals surface area contributed by atoms with Crippen LogP contribution in [0.4, 0.5) is 8.78 Å². The predicted octanol–water partition coefficient (Wildman–Crippen LogP) is 5.87. The molecule has 6 aromatic rings. The van der Waals surface area contributed by atoms with E-state index >= 15 is 8.78 Å². The third-order valence-electron chi connectivity index (χ3n) is 10.9. The van der Waals surface area contributed by atoms with E-state index in [1.54, 1.807) is 34.9 Å². The summed E-state index contributed by atoms with van der Waals surface area (Å²) in [7, 11) is 0. The quantitative estimate of drug-likeness (QED) is 0.216. The molecule has 0 aliphatic carbocycles. The fourth-order valence-electron chi connectivity index (χ4n) is 7.76. The number of aliphatic hydroxyl groups is 1. The van der Waals surface area contributed by atoms with Crippen molar-refractivity contribution in [3.63, 3.8) is 0 Å². The number of likely N-dealkylation sites (tertiary alicyclic amines) is 2. The Hall–Kier alpha value is -5.60. The third kappa shape index (κ3) is 6.73. The van der Waals surface area contributed by atoms with Crippen LogP contribution < -0.4 is 5.56 Å². The number of carbonyl (C=O) groups excluding carboxylic acids is 2. The van der Waals surface area contributed by atoms with Gasteiger partial charge in [-0.1, -0.05) is 48.5 Å². The van der Waals surface area contributed by atoms with Crippen molar-refractivity contribution < 1.29 is 23.5 Å². The molecule has 1 unspecified atom stereocenters. The molecule has 11 nitrogen and oxygen atoms in total. The summed E-state index contributed by atoms with van der Waals surface area (Å²) in [5.74, 6) is -5.50. The van der Waals surface area contributed by atoms with Crippen LogP contribution in [0.5, 0.6) is 0 Å². The van der Waals surface area contributed by atoms with Gasteiger partial charge >= 0.3 is 0 Å². The fraction of sp³-hybridized carbons (Fsp3) is 0.317. The molecular formula is C41H39F2N7O4S. The zero-order valence-electron chi connectivity index (χ0n) is 30.3. The molecule has 2 aliphatic heterocycles. The molecule has 14 heteroatoms. The zero-order valence-corrected chi connectivity index (χ0v) is 31.1. The summed E-state index contributed by atoms with van der Waals surface area (Å²) in [5.41, 5.74) is 1.14. The smallest absolute Gasteiger partial charge is 0.295 e. The van der Waals surface area contributed by atoms with Crippen molar-refractivity contribution in [2.75, 3.05) is 26.2 Å². The molecule has 2 amide bonds. The van der Waals surface area contributed by atoms with Gasteiger partial charge in [-0.15, -0.1) is 11.3 Å². The van der Waals surface area contributed by atoms with Gasteiger partial charge in [0.15, 0.2) is 5.65 Å². The summed E-state index contributed by atoms with van der Waals surface area (Å²) in [5, 5.41) is 12.4. The Morgan fingerprint density at radius 2 is 1.69 bits per heavy atom. The second-order valence-electron chi connectivity index (χ2n) is 14.5. The van der Waals surface area contributed by atoms with Crippen LogP contribution in [0.2, 0.25) is 0 Å². The highest BCUT2D eigenvalue weighted by Gasteiger charge is 2.58. The number of carbonyl (C=O) groups is 2. The highest BCUT2D eigenvalue weighted by molar-refractivity contribution is 7.17. The zero-order chi connectivity index (χ0) is 38.5. The van der Waals surface area contributed by atoms with E-state index in [4.69, 9.17) is 0 Å². The van der Waals surface area contributed by atoms with E-state index in [9.17, 15) is 19.5 Å². The molecule has 1 N–H and O–H groups in total. The number of pyridine rings is 1. The number of para-hydroxylation sites is 1. The van der Waals surface area contributed by atoms with E-state index < -0.39 is 54.3 Å². The van der Waals surface area contributed by atoms with Crippen molar-refractivity contribution in [2.45, 2.75) is 50.7 Å². The number of halogens is 2. The number of aromatic nitrogens is 5. The number of fused-ring (bicyclic) bond motifs is 1. The first-order valence-electron chi connectivity index (χ1n) is 18.2. The van der Waals surface area contributed by atoms with Crippen LogP contribution >= 0.6 is 11.3 Å². The SMILES string of the molecule is Cc1ccc(-c2nc(C)c(C(=O)N3CC[C@H](C(=O)N4CCC(O)(Cn5cnc6c(ccn6-c6ccccc6)c5=O)C(F)(F)C4)[C@@H](c4ccccc4)C3)s2)cn1. The highest BCUT2D eigenvalue weighted by Crippen LogP contribution is 2.41. The first-order chi connectivity index (χ1) is 26.4. The van der Waals surface area contributed by atoms with Crippen molar-refractivity contribution in [1.29, 1.82) is 0 Å². The van der Waals surface area contributed by atoms with Crippen molar-refractivity contribution in [2.24, 2.45) is 5.92 Å². The number of alkyl halides is 2. The topological polar surface area (TPSA) is 126 Å². The van der Waals surface area contributed by atoms with Gasteiger partial charge in [-0.3, -0.25) is 23.9 Å². The number of piperidine rings is 2. The van der Waals surface area contributed by atoms with Crippen LogP contribution in [-0.2, 0) is 11.3 Å². The molecule has 0 spiro atoms. The molecule has 8 rings (SSSR count). The Morgan fingerprint density at radius 3 is 2.40 bits per heavy atom. The van der Waals surface area contributed by atoms with E-state index in [1.165, 1.54) is 17.7 Å². The second kappa shape index (κ2) is 14.2. The van der Waals surface area contributed by atoms with E-state index in [-0.39, 0.29) is 37.3 Å². The van der Waals surface area contributed by atoms with Crippen molar-refractivity contribution in [3.8, 4) is 16.3 Å². The number of benzene rings is 2. The minimum absolute atomic E-state index is 0.128. The summed E-state index contributed by atoms with van der Waals surface area (Å²) < 4.78 is 35.0. The van der Waals surface area contributed by atoms with E-state index in [1.807, 2.05) is 79.7 Å². The molecular weight excluding hydrogens is 725 g/mol. The summed E-state index contributed by atoms with van der Waals surface area (Å²) in [6.07, 6.45) is 4.43. The summed E-state index contributed by atoms with van der Waals surface area (Å²) in [6, 6.07) is 24.0. The molecule has 4 aromatic heterocycles. The monoisotopic (exact) mass is 763 g/mol. The molecule has 2 aliphatic rings. The molecule has 2 saturated heterocycles. The Labute approximate surface area is 319 Å². The van der Waals surface area contributed by atoms with Crippen LogP contribution in [0, 0.1) is 19.8 Å². The minimum atomic E-state index is -3.74. The van der Waals surface area contributed by atoms with Crippen molar-refractivity contribution >= 4 is 34.2 Å². The number of hydrogen-bond acceptors (Lipinski definition) is 8. The minimum Gasteiger partial charge on any atom is -0.382 e. The maximum Gasteiger partial charge on any atom is 0.295 e. The van der Waals surface area contributed by atoms with Crippen molar-refractivity contribution in [1.82, 2.24) is 33.9 Å². The van der Waals surface area contributed by atoms with E-state index in [0.29, 0.717) is 21.2 Å². The van der Waals surface area contributed by atoms with Crippen LogP contribution in [0.15, 0.2) is 102 Å². The maximum atomic E-state index is 16.1. The lowest BCUT2D eigenvalue weighted by atomic mass is 9.78. The first kappa shape index (κ1) is 36.4. The highest BCUT2D eigenvalue weighted by atomic mass is 32.1. The lowest BCUT2D eigenvalue weighted by Gasteiger charge is -2.46. The number of hydrogen-bond donors (Lipinski definition) is 1. The molecule has 2 aromatic carbocycles. The number of amides is 2. The van der Waals surface area contributed by atoms with Crippen LogP contribution in [-0.4, -0.2) is 88.5 Å². The molecule has 55 heavy (non-hydrogen) atoms. The third-order valence-corrected chi connectivity index (χ3v) is 12.1. The Morgan fingerprint density at radius 1 is 0.945 bits per heavy atom. The Bertz CT molecular complexity index is 2430.